The summed E-state index contributed by atoms with van der Waals surface area (Å²) < 4.78 is 14.7. The molecule has 2 rings (SSSR count). The number of alkyl carbamates (subject to hydrolysis) is 1. The number of carbonyl (C=O) groups excluding carboxylic acids is 3. The molecule has 22 heavy (non-hydrogen) atoms. The molecule has 1 aliphatic heterocycles. The van der Waals surface area contributed by atoms with E-state index in [2.05, 4.69) is 5.32 Å². The zero-order valence-electron chi connectivity index (χ0n) is 12.1. The van der Waals surface area contributed by atoms with E-state index in [0.29, 0.717) is 0 Å². The van der Waals surface area contributed by atoms with Gasteiger partial charge in [0.1, 0.15) is 6.61 Å². The first-order valence-electron chi connectivity index (χ1n) is 6.92. The summed E-state index contributed by atoms with van der Waals surface area (Å²) in [5, 5.41) is 2.49. The summed E-state index contributed by atoms with van der Waals surface area (Å²) in [7, 11) is 0. The minimum atomic E-state index is -0.988. The van der Waals surface area contributed by atoms with Crippen LogP contribution in [0.4, 0.5) is 4.79 Å². The van der Waals surface area contributed by atoms with Gasteiger partial charge in [-0.2, -0.15) is 0 Å². The van der Waals surface area contributed by atoms with Crippen molar-refractivity contribution in [3.8, 4) is 0 Å². The third-order valence-corrected chi connectivity index (χ3v) is 3.03. The Bertz CT molecular complexity index is 544. The quantitative estimate of drug-likeness (QED) is 0.648. The Balaban J connectivity index is 1.66. The highest BCUT2D eigenvalue weighted by molar-refractivity contribution is 5.87. The predicted octanol–water partition coefficient (Wildman–Crippen LogP) is 1.16. The summed E-state index contributed by atoms with van der Waals surface area (Å²) in [5.41, 5.74) is 0.872. The molecule has 1 aliphatic rings. The van der Waals surface area contributed by atoms with Crippen LogP contribution in [0.15, 0.2) is 30.3 Å². The van der Waals surface area contributed by atoms with Crippen molar-refractivity contribution >= 4 is 18.0 Å². The number of ether oxygens (including phenoxy) is 3. The molecule has 0 aromatic heterocycles. The van der Waals surface area contributed by atoms with E-state index in [1.54, 1.807) is 0 Å². The van der Waals surface area contributed by atoms with Gasteiger partial charge in [0.25, 0.3) is 0 Å². The van der Waals surface area contributed by atoms with E-state index in [4.69, 9.17) is 14.2 Å². The first-order chi connectivity index (χ1) is 10.6. The number of benzene rings is 1. The molecule has 1 heterocycles. The average Bonchev–Trinajstić information content (AvgIpc) is 2.51. The maximum absolute atomic E-state index is 11.5. The fourth-order valence-electron chi connectivity index (χ4n) is 1.84. The summed E-state index contributed by atoms with van der Waals surface area (Å²) >= 11 is 0. The molecule has 0 spiro atoms. The molecule has 1 fully saturated rings. The molecule has 1 aromatic carbocycles. The van der Waals surface area contributed by atoms with Gasteiger partial charge in [0.15, 0.2) is 6.10 Å². The van der Waals surface area contributed by atoms with Crippen LogP contribution < -0.4 is 5.32 Å². The highest BCUT2D eigenvalue weighted by Crippen LogP contribution is 2.12. The van der Waals surface area contributed by atoms with Gasteiger partial charge in [-0.15, -0.1) is 0 Å². The number of esters is 2. The van der Waals surface area contributed by atoms with Crippen LogP contribution in [0.2, 0.25) is 0 Å². The molecule has 118 valence electrons. The van der Waals surface area contributed by atoms with Crippen LogP contribution in [-0.2, 0) is 30.4 Å². The van der Waals surface area contributed by atoms with Crippen LogP contribution in [0.1, 0.15) is 18.9 Å². The molecule has 0 radical (unpaired) electrons. The topological polar surface area (TPSA) is 90.9 Å². The molecule has 2 unspecified atom stereocenters. The molecule has 7 nitrogen and oxygen atoms in total. The van der Waals surface area contributed by atoms with Crippen molar-refractivity contribution in [1.29, 1.82) is 0 Å². The summed E-state index contributed by atoms with van der Waals surface area (Å²) in [6.45, 7) is 1.73. The lowest BCUT2D eigenvalue weighted by Gasteiger charge is -2.25. The van der Waals surface area contributed by atoms with E-state index < -0.39 is 30.2 Å². The monoisotopic (exact) mass is 307 g/mol. The Labute approximate surface area is 127 Å². The lowest BCUT2D eigenvalue weighted by Crippen LogP contribution is -2.44. The maximum Gasteiger partial charge on any atom is 0.407 e. The second-order valence-corrected chi connectivity index (χ2v) is 4.78. The number of rotatable bonds is 5. The lowest BCUT2D eigenvalue weighted by molar-refractivity contribution is -0.193. The zero-order valence-corrected chi connectivity index (χ0v) is 12.1. The molecular weight excluding hydrogens is 290 g/mol. The lowest BCUT2D eigenvalue weighted by atomic mass is 10.2. The third kappa shape index (κ3) is 4.47. The van der Waals surface area contributed by atoms with Crippen molar-refractivity contribution in [1.82, 2.24) is 5.32 Å². The molecule has 0 bridgehead atoms. The Kier molecular flexibility index (Phi) is 5.35. The smallest absolute Gasteiger partial charge is 0.407 e. The summed E-state index contributed by atoms with van der Waals surface area (Å²) in [6, 6.07) is 9.24. The number of nitrogens with one attached hydrogen (secondary N) is 1. The number of hydrogen-bond acceptors (Lipinski definition) is 6. The highest BCUT2D eigenvalue weighted by Gasteiger charge is 2.35. The van der Waals surface area contributed by atoms with Crippen molar-refractivity contribution < 1.29 is 28.6 Å². The largest absolute Gasteiger partial charge is 0.448 e. The number of hydrogen-bond donors (Lipinski definition) is 1. The van der Waals surface area contributed by atoms with E-state index >= 15 is 0 Å². The molecule has 2 atom stereocenters. The van der Waals surface area contributed by atoms with E-state index in [1.807, 2.05) is 30.3 Å². The minimum Gasteiger partial charge on any atom is -0.448 e. The SMILES string of the molecule is CC1OC(=O)C(CCNC(=O)OCc2ccccc2)OC1=O. The van der Waals surface area contributed by atoms with E-state index in [9.17, 15) is 14.4 Å². The first kappa shape index (κ1) is 15.8. The van der Waals surface area contributed by atoms with Crippen LogP contribution in [-0.4, -0.2) is 36.8 Å². The highest BCUT2D eigenvalue weighted by atomic mass is 16.6. The van der Waals surface area contributed by atoms with Gasteiger partial charge in [0, 0.05) is 13.0 Å². The molecular formula is C15H17NO6. The summed E-state index contributed by atoms with van der Waals surface area (Å²) in [5.74, 6) is -1.19. The van der Waals surface area contributed by atoms with Gasteiger partial charge in [-0.25, -0.2) is 14.4 Å². The van der Waals surface area contributed by atoms with E-state index in [-0.39, 0.29) is 19.6 Å². The summed E-state index contributed by atoms with van der Waals surface area (Å²) in [4.78, 5) is 34.3. The maximum atomic E-state index is 11.5. The van der Waals surface area contributed by atoms with Gasteiger partial charge in [-0.1, -0.05) is 30.3 Å². The van der Waals surface area contributed by atoms with Gasteiger partial charge in [-0.3, -0.25) is 0 Å². The molecule has 1 saturated heterocycles. The fraction of sp³-hybridized carbons (Fsp3) is 0.400. The zero-order chi connectivity index (χ0) is 15.9. The number of carbonyl (C=O) groups is 3. The Morgan fingerprint density at radius 3 is 2.64 bits per heavy atom. The van der Waals surface area contributed by atoms with Crippen LogP contribution >= 0.6 is 0 Å². The molecule has 0 aliphatic carbocycles. The Morgan fingerprint density at radius 2 is 1.91 bits per heavy atom. The normalized spacial score (nSPS) is 20.8. The van der Waals surface area contributed by atoms with E-state index in [1.165, 1.54) is 6.92 Å². The van der Waals surface area contributed by atoms with Crippen molar-refractivity contribution in [2.45, 2.75) is 32.2 Å². The van der Waals surface area contributed by atoms with Crippen LogP contribution in [0, 0.1) is 0 Å². The van der Waals surface area contributed by atoms with Crippen LogP contribution in [0.5, 0.6) is 0 Å². The van der Waals surface area contributed by atoms with Crippen molar-refractivity contribution in [2.75, 3.05) is 6.54 Å². The van der Waals surface area contributed by atoms with Crippen LogP contribution in [0.25, 0.3) is 0 Å². The fourth-order valence-corrected chi connectivity index (χ4v) is 1.84. The molecule has 1 amide bonds. The van der Waals surface area contributed by atoms with Crippen molar-refractivity contribution in [2.24, 2.45) is 0 Å². The molecule has 0 saturated carbocycles. The molecule has 1 N–H and O–H groups in total. The molecule has 1 aromatic rings. The van der Waals surface area contributed by atoms with Crippen LogP contribution in [0.3, 0.4) is 0 Å². The number of amides is 1. The predicted molar refractivity (Wildman–Crippen MR) is 74.7 cm³/mol. The third-order valence-electron chi connectivity index (χ3n) is 3.03. The second kappa shape index (κ2) is 7.44. The Morgan fingerprint density at radius 1 is 1.18 bits per heavy atom. The molecule has 7 heteroatoms. The second-order valence-electron chi connectivity index (χ2n) is 4.78. The number of cyclic esters (lactones) is 2. The minimum absolute atomic E-state index is 0.134. The van der Waals surface area contributed by atoms with Gasteiger partial charge in [-0.05, 0) is 12.5 Å². The first-order valence-corrected chi connectivity index (χ1v) is 6.92. The van der Waals surface area contributed by atoms with Crippen molar-refractivity contribution in [3.05, 3.63) is 35.9 Å². The van der Waals surface area contributed by atoms with Gasteiger partial charge in [0.05, 0.1) is 0 Å². The van der Waals surface area contributed by atoms with Gasteiger partial charge >= 0.3 is 18.0 Å². The average molecular weight is 307 g/mol. The Hall–Kier alpha value is -2.57. The standard InChI is InChI=1S/C15H17NO6/c1-10-13(17)22-12(14(18)21-10)7-8-16-15(19)20-9-11-5-3-2-4-6-11/h2-6,10,12H,7-9H2,1H3,(H,16,19). The van der Waals surface area contributed by atoms with Gasteiger partial charge in [0.2, 0.25) is 6.10 Å². The van der Waals surface area contributed by atoms with E-state index in [0.717, 1.165) is 5.56 Å². The van der Waals surface area contributed by atoms with Crippen molar-refractivity contribution in [3.63, 3.8) is 0 Å². The summed E-state index contributed by atoms with van der Waals surface area (Å²) in [6.07, 6.45) is -2.34. The van der Waals surface area contributed by atoms with Gasteiger partial charge < -0.3 is 19.5 Å².